The molecule has 18 heavy (non-hydrogen) atoms. The van der Waals surface area contributed by atoms with Gasteiger partial charge in [-0.3, -0.25) is 0 Å². The summed E-state index contributed by atoms with van der Waals surface area (Å²) in [5.41, 5.74) is 8.24. The third-order valence-electron chi connectivity index (χ3n) is 2.76. The van der Waals surface area contributed by atoms with Gasteiger partial charge in [-0.05, 0) is 58.0 Å². The summed E-state index contributed by atoms with van der Waals surface area (Å²) in [6, 6.07) is 13.4. The Bertz CT molecular complexity index is 559. The first-order valence-corrected chi connectivity index (χ1v) is 6.92. The summed E-state index contributed by atoms with van der Waals surface area (Å²) < 4.78 is 6.22. The van der Waals surface area contributed by atoms with Gasteiger partial charge >= 0.3 is 0 Å². The summed E-state index contributed by atoms with van der Waals surface area (Å²) >= 11 is 8.31. The highest BCUT2D eigenvalue weighted by Crippen LogP contribution is 2.27. The van der Waals surface area contributed by atoms with E-state index in [-0.39, 0.29) is 6.04 Å². The molecule has 2 aromatic carbocycles. The normalized spacial score (nSPS) is 12.2. The molecule has 94 valence electrons. The second kappa shape index (κ2) is 5.91. The lowest BCUT2D eigenvalue weighted by Crippen LogP contribution is -2.11. The number of nitrogens with two attached hydrogens (primary N) is 1. The third kappa shape index (κ3) is 2.96. The Balaban J connectivity index is 2.34. The molecule has 2 nitrogen and oxygen atoms in total. The van der Waals surface area contributed by atoms with Crippen molar-refractivity contribution in [3.8, 4) is 5.75 Å². The number of hydrogen-bond acceptors (Lipinski definition) is 2. The first kappa shape index (κ1) is 13.6. The Morgan fingerprint density at radius 1 is 1.17 bits per heavy atom. The van der Waals surface area contributed by atoms with E-state index in [0.717, 1.165) is 25.5 Å². The fraction of sp³-hybridized carbons (Fsp3) is 0.143. The van der Waals surface area contributed by atoms with Crippen molar-refractivity contribution in [3.63, 3.8) is 0 Å². The number of benzene rings is 2. The molecule has 1 atom stereocenters. The van der Waals surface area contributed by atoms with Crippen LogP contribution in [0.15, 0.2) is 42.5 Å². The Kier molecular flexibility index (Phi) is 4.48. The largest absolute Gasteiger partial charge is 0.497 e. The number of methoxy groups -OCH3 is 1. The minimum absolute atomic E-state index is 0.199. The lowest BCUT2D eigenvalue weighted by Gasteiger charge is -2.14. The highest BCUT2D eigenvalue weighted by Gasteiger charge is 2.11. The summed E-state index contributed by atoms with van der Waals surface area (Å²) in [5.74, 6) is 0.805. The van der Waals surface area contributed by atoms with Crippen molar-refractivity contribution in [1.82, 2.24) is 0 Å². The van der Waals surface area contributed by atoms with E-state index in [1.165, 1.54) is 0 Å². The van der Waals surface area contributed by atoms with Gasteiger partial charge in [-0.2, -0.15) is 0 Å². The number of ether oxygens (including phenoxy) is 1. The van der Waals surface area contributed by atoms with E-state index in [9.17, 15) is 0 Å². The van der Waals surface area contributed by atoms with Crippen molar-refractivity contribution in [1.29, 1.82) is 0 Å². The molecule has 4 heteroatoms. The van der Waals surface area contributed by atoms with Crippen LogP contribution in [0.5, 0.6) is 5.75 Å². The predicted octanol–water partition coefficient (Wildman–Crippen LogP) is 4.00. The molecule has 0 amide bonds. The van der Waals surface area contributed by atoms with E-state index >= 15 is 0 Å². The molecule has 0 aliphatic rings. The molecule has 2 rings (SSSR count). The van der Waals surface area contributed by atoms with Crippen molar-refractivity contribution in [2.24, 2.45) is 5.73 Å². The third-order valence-corrected chi connectivity index (χ3v) is 4.33. The Morgan fingerprint density at radius 2 is 1.89 bits per heavy atom. The van der Waals surface area contributed by atoms with Gasteiger partial charge in [-0.25, -0.2) is 0 Å². The van der Waals surface area contributed by atoms with Crippen molar-refractivity contribution in [2.45, 2.75) is 6.04 Å². The monoisotopic (exact) mass is 373 g/mol. The maximum Gasteiger partial charge on any atom is 0.119 e. The van der Waals surface area contributed by atoms with Crippen molar-refractivity contribution in [2.75, 3.05) is 7.11 Å². The van der Waals surface area contributed by atoms with Crippen molar-refractivity contribution in [3.05, 3.63) is 62.2 Å². The molecule has 0 heterocycles. The van der Waals surface area contributed by atoms with Gasteiger partial charge < -0.3 is 10.5 Å². The molecule has 0 saturated carbocycles. The summed E-state index contributed by atoms with van der Waals surface area (Å²) in [4.78, 5) is 0. The number of hydrogen-bond donors (Lipinski definition) is 1. The SMILES string of the molecule is COc1cccc(C(N)c2ccc(I)c(Cl)c2)c1. The fourth-order valence-corrected chi connectivity index (χ4v) is 2.26. The molecule has 0 aliphatic heterocycles. The summed E-state index contributed by atoms with van der Waals surface area (Å²) in [6.45, 7) is 0. The van der Waals surface area contributed by atoms with E-state index in [2.05, 4.69) is 22.6 Å². The van der Waals surface area contributed by atoms with E-state index < -0.39 is 0 Å². The van der Waals surface area contributed by atoms with Gasteiger partial charge in [0.1, 0.15) is 5.75 Å². The van der Waals surface area contributed by atoms with Gasteiger partial charge in [0.2, 0.25) is 0 Å². The van der Waals surface area contributed by atoms with Crippen LogP contribution in [-0.4, -0.2) is 7.11 Å². The van der Waals surface area contributed by atoms with Crippen LogP contribution in [-0.2, 0) is 0 Å². The summed E-state index contributed by atoms with van der Waals surface area (Å²) in [5, 5.41) is 0.728. The van der Waals surface area contributed by atoms with E-state index in [1.807, 2.05) is 42.5 Å². The summed E-state index contributed by atoms with van der Waals surface area (Å²) in [7, 11) is 1.65. The van der Waals surface area contributed by atoms with E-state index in [1.54, 1.807) is 7.11 Å². The van der Waals surface area contributed by atoms with Crippen LogP contribution in [0.2, 0.25) is 5.02 Å². The summed E-state index contributed by atoms with van der Waals surface area (Å²) in [6.07, 6.45) is 0. The van der Waals surface area contributed by atoms with Crippen LogP contribution in [0, 0.1) is 3.57 Å². The first-order chi connectivity index (χ1) is 8.61. The zero-order valence-corrected chi connectivity index (χ0v) is 12.8. The Morgan fingerprint density at radius 3 is 2.56 bits per heavy atom. The number of halogens is 2. The van der Waals surface area contributed by atoms with Gasteiger partial charge in [-0.1, -0.05) is 29.8 Å². The quantitative estimate of drug-likeness (QED) is 0.825. The molecule has 0 fully saturated rings. The van der Waals surface area contributed by atoms with Gasteiger partial charge in [0, 0.05) is 3.57 Å². The van der Waals surface area contributed by atoms with E-state index in [0.29, 0.717) is 0 Å². The van der Waals surface area contributed by atoms with Crippen LogP contribution < -0.4 is 10.5 Å². The topological polar surface area (TPSA) is 35.2 Å². The molecular weight excluding hydrogens is 361 g/mol. The minimum Gasteiger partial charge on any atom is -0.497 e. The highest BCUT2D eigenvalue weighted by atomic mass is 127. The van der Waals surface area contributed by atoms with Crippen LogP contribution in [0.25, 0.3) is 0 Å². The average Bonchev–Trinajstić information content (AvgIpc) is 2.41. The maximum atomic E-state index is 6.24. The lowest BCUT2D eigenvalue weighted by atomic mass is 9.99. The van der Waals surface area contributed by atoms with Crippen LogP contribution >= 0.6 is 34.2 Å². The van der Waals surface area contributed by atoms with Crippen LogP contribution in [0.4, 0.5) is 0 Å². The zero-order chi connectivity index (χ0) is 13.1. The van der Waals surface area contributed by atoms with E-state index in [4.69, 9.17) is 22.1 Å². The predicted molar refractivity (Wildman–Crippen MR) is 83.2 cm³/mol. The molecule has 0 saturated heterocycles. The second-order valence-corrected chi connectivity index (χ2v) is 5.50. The van der Waals surface area contributed by atoms with Crippen molar-refractivity contribution >= 4 is 34.2 Å². The molecule has 2 N–H and O–H groups in total. The minimum atomic E-state index is -0.199. The van der Waals surface area contributed by atoms with Crippen LogP contribution in [0.1, 0.15) is 17.2 Å². The molecule has 0 bridgehead atoms. The molecule has 1 unspecified atom stereocenters. The van der Waals surface area contributed by atoms with Gasteiger partial charge in [0.25, 0.3) is 0 Å². The maximum absolute atomic E-state index is 6.24. The average molecular weight is 374 g/mol. The Hall–Kier alpha value is -0.780. The molecule has 0 aromatic heterocycles. The van der Waals surface area contributed by atoms with Gasteiger partial charge in [-0.15, -0.1) is 0 Å². The van der Waals surface area contributed by atoms with Gasteiger partial charge in [0.15, 0.2) is 0 Å². The fourth-order valence-electron chi connectivity index (χ4n) is 1.73. The van der Waals surface area contributed by atoms with Crippen molar-refractivity contribution < 1.29 is 4.74 Å². The number of rotatable bonds is 3. The van der Waals surface area contributed by atoms with Crippen LogP contribution in [0.3, 0.4) is 0 Å². The smallest absolute Gasteiger partial charge is 0.119 e. The second-order valence-electron chi connectivity index (χ2n) is 3.93. The Labute approximate surface area is 125 Å². The first-order valence-electron chi connectivity index (χ1n) is 5.46. The molecule has 0 aliphatic carbocycles. The molecule has 2 aromatic rings. The molecule has 0 spiro atoms. The highest BCUT2D eigenvalue weighted by molar-refractivity contribution is 14.1. The molecule has 0 radical (unpaired) electrons. The lowest BCUT2D eigenvalue weighted by molar-refractivity contribution is 0.414. The standard InChI is InChI=1S/C14H13ClINO/c1-18-11-4-2-3-9(7-11)14(17)10-5-6-13(16)12(15)8-10/h2-8,14H,17H2,1H3. The molecular formula is C14H13ClINO. The zero-order valence-electron chi connectivity index (χ0n) is 9.86. The van der Waals surface area contributed by atoms with Gasteiger partial charge in [0.05, 0.1) is 18.2 Å².